The molecule has 0 saturated carbocycles. The van der Waals surface area contributed by atoms with E-state index in [0.717, 1.165) is 52.8 Å². The molecule has 0 spiro atoms. The van der Waals surface area contributed by atoms with Gasteiger partial charge in [-0.15, -0.1) is 0 Å². The first-order chi connectivity index (χ1) is 17.4. The minimum atomic E-state index is -0.863. The van der Waals surface area contributed by atoms with Gasteiger partial charge in [0.2, 0.25) is 0 Å². The van der Waals surface area contributed by atoms with Crippen molar-refractivity contribution in [3.8, 4) is 17.2 Å². The molecule has 1 saturated heterocycles. The molecule has 36 heavy (non-hydrogen) atoms. The predicted molar refractivity (Wildman–Crippen MR) is 120 cm³/mol. The van der Waals surface area contributed by atoms with Gasteiger partial charge in [0.15, 0.2) is 23.1 Å². The molecule has 0 aliphatic carbocycles. The Labute approximate surface area is 202 Å². The van der Waals surface area contributed by atoms with Gasteiger partial charge in [-0.25, -0.2) is 22.4 Å². The van der Waals surface area contributed by atoms with E-state index >= 15 is 0 Å². The molecule has 0 N–H and O–H groups in total. The van der Waals surface area contributed by atoms with E-state index in [1.807, 2.05) is 0 Å². The second-order valence-corrected chi connectivity index (χ2v) is 8.30. The summed E-state index contributed by atoms with van der Waals surface area (Å²) in [5.41, 5.74) is -0.341. The normalized spacial score (nSPS) is 14.2. The smallest absolute Gasteiger partial charge is 0.350 e. The van der Waals surface area contributed by atoms with Crippen molar-refractivity contribution in [1.82, 2.24) is 19.3 Å². The molecule has 4 aromatic rings. The van der Waals surface area contributed by atoms with E-state index in [-0.39, 0.29) is 28.7 Å². The largest absolute Gasteiger partial charge is 0.451 e. The van der Waals surface area contributed by atoms with E-state index in [1.54, 1.807) is 0 Å². The molecule has 5 rings (SSSR count). The minimum absolute atomic E-state index is 0.0516. The molecule has 2 aromatic heterocycles. The van der Waals surface area contributed by atoms with Crippen LogP contribution < -0.4 is 10.4 Å². The molecule has 1 aliphatic rings. The Balaban J connectivity index is 1.37. The Hall–Kier alpha value is -3.99. The number of hydrogen-bond donors (Lipinski definition) is 0. The maximum Gasteiger partial charge on any atom is 0.350 e. The third-order valence-electron chi connectivity index (χ3n) is 5.98. The van der Waals surface area contributed by atoms with Crippen LogP contribution in [0.25, 0.3) is 5.69 Å². The quantitative estimate of drug-likeness (QED) is 0.359. The van der Waals surface area contributed by atoms with Crippen LogP contribution >= 0.6 is 0 Å². The highest BCUT2D eigenvalue weighted by Crippen LogP contribution is 2.32. The number of halogens is 4. The molecule has 11 heteroatoms. The van der Waals surface area contributed by atoms with Gasteiger partial charge in [-0.2, -0.15) is 9.78 Å². The van der Waals surface area contributed by atoms with Crippen molar-refractivity contribution in [3.63, 3.8) is 0 Å². The number of hydrogen-bond acceptors (Lipinski definition) is 5. The van der Waals surface area contributed by atoms with Gasteiger partial charge in [0.05, 0.1) is 18.4 Å². The molecule has 0 atom stereocenters. The van der Waals surface area contributed by atoms with Crippen molar-refractivity contribution < 1.29 is 27.0 Å². The second kappa shape index (κ2) is 9.94. The first kappa shape index (κ1) is 23.7. The lowest BCUT2D eigenvalue weighted by Crippen LogP contribution is -2.24. The zero-order valence-electron chi connectivity index (χ0n) is 18.8. The standard InChI is InChI=1S/C25H20F4N4O3/c26-18-2-1-3-19(27)17(18)13-32-14-31-33(25(32)34)16-4-5-23(20(28)10-16)36-24-11-22(30-12-21(24)29)15-6-8-35-9-7-15/h1-5,10-12,14-15H,6-9,13H2. The zero-order valence-corrected chi connectivity index (χ0v) is 18.8. The van der Waals surface area contributed by atoms with Crippen LogP contribution in [0.5, 0.6) is 11.5 Å². The monoisotopic (exact) mass is 500 g/mol. The Bertz CT molecular complexity index is 1440. The average molecular weight is 500 g/mol. The molecule has 3 heterocycles. The average Bonchev–Trinajstić information content (AvgIpc) is 3.24. The molecular weight excluding hydrogens is 480 g/mol. The molecule has 0 radical (unpaired) electrons. The fourth-order valence-corrected chi connectivity index (χ4v) is 4.03. The Kier molecular flexibility index (Phi) is 6.55. The van der Waals surface area contributed by atoms with E-state index in [2.05, 4.69) is 10.1 Å². The first-order valence-electron chi connectivity index (χ1n) is 11.2. The predicted octanol–water partition coefficient (Wildman–Crippen LogP) is 4.72. The topological polar surface area (TPSA) is 71.2 Å². The van der Waals surface area contributed by atoms with Crippen molar-refractivity contribution in [3.05, 3.63) is 100.0 Å². The van der Waals surface area contributed by atoms with Crippen molar-refractivity contribution in [1.29, 1.82) is 0 Å². The van der Waals surface area contributed by atoms with E-state index in [9.17, 15) is 22.4 Å². The molecule has 2 aromatic carbocycles. The maximum atomic E-state index is 14.9. The summed E-state index contributed by atoms with van der Waals surface area (Å²) in [5.74, 6) is -3.55. The molecule has 0 bridgehead atoms. The van der Waals surface area contributed by atoms with Crippen LogP contribution in [0.2, 0.25) is 0 Å². The van der Waals surface area contributed by atoms with Crippen molar-refractivity contribution in [2.75, 3.05) is 13.2 Å². The van der Waals surface area contributed by atoms with E-state index in [0.29, 0.717) is 18.9 Å². The maximum absolute atomic E-state index is 14.9. The van der Waals surface area contributed by atoms with Gasteiger partial charge in [0.1, 0.15) is 18.0 Å². The summed E-state index contributed by atoms with van der Waals surface area (Å²) in [6, 6.07) is 8.43. The van der Waals surface area contributed by atoms with Crippen LogP contribution in [0.4, 0.5) is 17.6 Å². The molecule has 0 unspecified atom stereocenters. The van der Waals surface area contributed by atoms with Gasteiger partial charge < -0.3 is 9.47 Å². The summed E-state index contributed by atoms with van der Waals surface area (Å²) in [6.45, 7) is 0.776. The number of nitrogens with zero attached hydrogens (tertiary/aromatic N) is 4. The van der Waals surface area contributed by atoms with Gasteiger partial charge in [0, 0.05) is 42.5 Å². The molecular formula is C25H20F4N4O3. The molecule has 186 valence electrons. The van der Waals surface area contributed by atoms with Gasteiger partial charge >= 0.3 is 5.69 Å². The lowest BCUT2D eigenvalue weighted by Gasteiger charge is -2.22. The Morgan fingerprint density at radius 1 is 0.944 bits per heavy atom. The van der Waals surface area contributed by atoms with E-state index in [1.165, 1.54) is 24.3 Å². The fourth-order valence-electron chi connectivity index (χ4n) is 4.03. The number of ether oxygens (including phenoxy) is 2. The highest BCUT2D eigenvalue weighted by Gasteiger charge is 2.20. The fraction of sp³-hybridized carbons (Fsp3) is 0.240. The van der Waals surface area contributed by atoms with Crippen LogP contribution in [0.3, 0.4) is 0 Å². The van der Waals surface area contributed by atoms with Gasteiger partial charge in [-0.1, -0.05) is 6.07 Å². The number of benzene rings is 2. The third kappa shape index (κ3) is 4.74. The van der Waals surface area contributed by atoms with Crippen LogP contribution in [0.15, 0.2) is 59.8 Å². The van der Waals surface area contributed by atoms with Crippen LogP contribution in [0, 0.1) is 23.3 Å². The second-order valence-electron chi connectivity index (χ2n) is 8.30. The van der Waals surface area contributed by atoms with Crippen LogP contribution in [-0.4, -0.2) is 32.5 Å². The lowest BCUT2D eigenvalue weighted by atomic mass is 9.96. The number of pyridine rings is 1. The highest BCUT2D eigenvalue weighted by molar-refractivity contribution is 5.41. The first-order valence-corrected chi connectivity index (χ1v) is 11.2. The third-order valence-corrected chi connectivity index (χ3v) is 5.98. The summed E-state index contributed by atoms with van der Waals surface area (Å²) in [7, 11) is 0. The zero-order chi connectivity index (χ0) is 25.2. The SMILES string of the molecule is O=c1n(Cc2c(F)cccc2F)cnn1-c1ccc(Oc2cc(C3CCOCC3)ncc2F)c(F)c1. The van der Waals surface area contributed by atoms with Crippen LogP contribution in [-0.2, 0) is 11.3 Å². The Morgan fingerprint density at radius 3 is 2.42 bits per heavy atom. The molecule has 0 amide bonds. The van der Waals surface area contributed by atoms with E-state index < -0.39 is 35.5 Å². The summed E-state index contributed by atoms with van der Waals surface area (Å²) in [5, 5.41) is 3.91. The summed E-state index contributed by atoms with van der Waals surface area (Å²) >= 11 is 0. The minimum Gasteiger partial charge on any atom is -0.451 e. The van der Waals surface area contributed by atoms with Crippen molar-refractivity contribution in [2.45, 2.75) is 25.3 Å². The highest BCUT2D eigenvalue weighted by atomic mass is 19.1. The van der Waals surface area contributed by atoms with Crippen molar-refractivity contribution >= 4 is 0 Å². The summed E-state index contributed by atoms with van der Waals surface area (Å²) in [4.78, 5) is 16.8. The summed E-state index contributed by atoms with van der Waals surface area (Å²) < 4.78 is 69.8. The molecule has 1 fully saturated rings. The molecule has 7 nitrogen and oxygen atoms in total. The van der Waals surface area contributed by atoms with Gasteiger partial charge in [0.25, 0.3) is 0 Å². The number of aromatic nitrogens is 4. The Morgan fingerprint density at radius 2 is 1.69 bits per heavy atom. The van der Waals surface area contributed by atoms with Crippen LogP contribution in [0.1, 0.15) is 30.0 Å². The lowest BCUT2D eigenvalue weighted by molar-refractivity contribution is 0.0844. The van der Waals surface area contributed by atoms with Crippen molar-refractivity contribution in [2.24, 2.45) is 0 Å². The van der Waals surface area contributed by atoms with E-state index in [4.69, 9.17) is 9.47 Å². The summed E-state index contributed by atoms with van der Waals surface area (Å²) in [6.07, 6.45) is 3.62. The number of rotatable bonds is 6. The van der Waals surface area contributed by atoms with Gasteiger partial charge in [-0.3, -0.25) is 9.55 Å². The molecule has 1 aliphatic heterocycles. The van der Waals surface area contributed by atoms with Gasteiger partial charge in [-0.05, 0) is 37.1 Å².